The molecule has 0 atom stereocenters. The SMILES string of the molecule is CCC(=C(c1ccc(OCCNCC=CC(=O)N(C)C)cc1)c1cc(F)c2[nH]ncc2c1)c1ccccc1. The van der Waals surface area contributed by atoms with Crippen molar-refractivity contribution in [2.75, 3.05) is 33.8 Å². The number of hydrogen-bond donors (Lipinski definition) is 2. The molecule has 7 heteroatoms. The minimum Gasteiger partial charge on any atom is -0.492 e. The Morgan fingerprint density at radius 1 is 1.05 bits per heavy atom. The zero-order valence-corrected chi connectivity index (χ0v) is 22.0. The molecule has 0 saturated heterocycles. The second kappa shape index (κ2) is 12.8. The molecular formula is C31H33FN4O2. The van der Waals surface area contributed by atoms with Crippen LogP contribution in [0.25, 0.3) is 22.0 Å². The molecule has 2 N–H and O–H groups in total. The van der Waals surface area contributed by atoms with Crippen molar-refractivity contribution in [3.8, 4) is 5.75 Å². The molecule has 0 fully saturated rings. The average Bonchev–Trinajstić information content (AvgIpc) is 3.41. The van der Waals surface area contributed by atoms with Crippen LogP contribution in [-0.2, 0) is 4.79 Å². The molecule has 0 unspecified atom stereocenters. The van der Waals surface area contributed by atoms with Crippen molar-refractivity contribution in [1.82, 2.24) is 20.4 Å². The number of fused-ring (bicyclic) bond motifs is 1. The van der Waals surface area contributed by atoms with Crippen LogP contribution < -0.4 is 10.1 Å². The second-order valence-corrected chi connectivity index (χ2v) is 9.08. The fourth-order valence-electron chi connectivity index (χ4n) is 4.29. The van der Waals surface area contributed by atoms with Crippen molar-refractivity contribution in [3.63, 3.8) is 0 Å². The van der Waals surface area contributed by atoms with E-state index in [1.54, 1.807) is 38.5 Å². The van der Waals surface area contributed by atoms with Gasteiger partial charge in [-0.3, -0.25) is 9.89 Å². The van der Waals surface area contributed by atoms with E-state index in [0.717, 1.165) is 45.4 Å². The molecule has 4 aromatic rings. The molecule has 3 aromatic carbocycles. The van der Waals surface area contributed by atoms with Crippen LogP contribution in [0.3, 0.4) is 0 Å². The van der Waals surface area contributed by atoms with Gasteiger partial charge < -0.3 is 15.0 Å². The molecule has 196 valence electrons. The Balaban J connectivity index is 1.53. The summed E-state index contributed by atoms with van der Waals surface area (Å²) in [7, 11) is 3.44. The van der Waals surface area contributed by atoms with Crippen LogP contribution in [-0.4, -0.2) is 54.8 Å². The number of likely N-dealkylation sites (N-methyl/N-ethyl adjacent to an activating group) is 1. The van der Waals surface area contributed by atoms with E-state index in [-0.39, 0.29) is 11.7 Å². The average molecular weight is 513 g/mol. The highest BCUT2D eigenvalue weighted by Gasteiger charge is 2.16. The van der Waals surface area contributed by atoms with Gasteiger partial charge in [0.25, 0.3) is 0 Å². The molecule has 0 saturated carbocycles. The number of H-pyrrole nitrogens is 1. The van der Waals surface area contributed by atoms with Crippen molar-refractivity contribution < 1.29 is 13.9 Å². The number of benzene rings is 3. The van der Waals surface area contributed by atoms with E-state index in [1.807, 2.05) is 48.5 Å². The highest BCUT2D eigenvalue weighted by atomic mass is 19.1. The first-order valence-electron chi connectivity index (χ1n) is 12.7. The number of carbonyl (C=O) groups excluding carboxylic acids is 1. The summed E-state index contributed by atoms with van der Waals surface area (Å²) < 4.78 is 20.9. The summed E-state index contributed by atoms with van der Waals surface area (Å²) in [6, 6.07) is 21.7. The standard InChI is InChI=1S/C31H33FN4O2/c1-4-27(22-9-6-5-7-10-22)30(24-19-25-21-34-35-31(25)28(32)20-24)23-12-14-26(15-13-23)38-18-17-33-16-8-11-29(37)36(2)3/h5-15,19-21,33H,4,16-18H2,1-3H3,(H,34,35). The number of amides is 1. The summed E-state index contributed by atoms with van der Waals surface area (Å²) in [6.07, 6.45) is 5.78. The summed E-state index contributed by atoms with van der Waals surface area (Å²) in [4.78, 5) is 13.1. The summed E-state index contributed by atoms with van der Waals surface area (Å²) in [5, 5.41) is 10.7. The van der Waals surface area contributed by atoms with Gasteiger partial charge in [-0.2, -0.15) is 5.10 Å². The lowest BCUT2D eigenvalue weighted by atomic mass is 9.88. The molecule has 1 amide bonds. The zero-order chi connectivity index (χ0) is 26.9. The number of carbonyl (C=O) groups is 1. The van der Waals surface area contributed by atoms with E-state index in [2.05, 4.69) is 34.6 Å². The van der Waals surface area contributed by atoms with Gasteiger partial charge in [-0.05, 0) is 58.5 Å². The first kappa shape index (κ1) is 26.8. The summed E-state index contributed by atoms with van der Waals surface area (Å²) in [6.45, 7) is 3.84. The number of hydrogen-bond acceptors (Lipinski definition) is 4. The van der Waals surface area contributed by atoms with Gasteiger partial charge in [0.2, 0.25) is 5.91 Å². The van der Waals surface area contributed by atoms with Gasteiger partial charge in [-0.1, -0.05) is 55.5 Å². The van der Waals surface area contributed by atoms with E-state index in [9.17, 15) is 9.18 Å². The van der Waals surface area contributed by atoms with Crippen LogP contribution in [0.1, 0.15) is 30.0 Å². The van der Waals surface area contributed by atoms with Gasteiger partial charge in [0.05, 0.1) is 6.20 Å². The molecule has 0 aliphatic carbocycles. The lowest BCUT2D eigenvalue weighted by molar-refractivity contribution is -0.123. The highest BCUT2D eigenvalue weighted by molar-refractivity contribution is 6.00. The number of aromatic amines is 1. The van der Waals surface area contributed by atoms with Crippen LogP contribution in [0.4, 0.5) is 4.39 Å². The third kappa shape index (κ3) is 6.55. The maximum atomic E-state index is 15.0. The molecule has 4 rings (SSSR count). The van der Waals surface area contributed by atoms with E-state index in [1.165, 1.54) is 4.90 Å². The molecule has 6 nitrogen and oxygen atoms in total. The normalized spacial score (nSPS) is 12.1. The van der Waals surface area contributed by atoms with Crippen LogP contribution in [0.2, 0.25) is 0 Å². The van der Waals surface area contributed by atoms with E-state index in [4.69, 9.17) is 4.74 Å². The molecule has 0 bridgehead atoms. The Labute approximate surface area is 222 Å². The van der Waals surface area contributed by atoms with Crippen molar-refractivity contribution >= 4 is 28.0 Å². The van der Waals surface area contributed by atoms with Crippen molar-refractivity contribution in [2.24, 2.45) is 0 Å². The monoisotopic (exact) mass is 512 g/mol. The number of nitrogens with one attached hydrogen (secondary N) is 2. The van der Waals surface area contributed by atoms with E-state index in [0.29, 0.717) is 25.2 Å². The van der Waals surface area contributed by atoms with E-state index >= 15 is 0 Å². The van der Waals surface area contributed by atoms with Gasteiger partial charge in [-0.25, -0.2) is 4.39 Å². The minimum absolute atomic E-state index is 0.0394. The van der Waals surface area contributed by atoms with Gasteiger partial charge in [0.1, 0.15) is 23.7 Å². The summed E-state index contributed by atoms with van der Waals surface area (Å²) in [5.41, 5.74) is 5.40. The largest absolute Gasteiger partial charge is 0.492 e. The van der Waals surface area contributed by atoms with Gasteiger partial charge in [-0.15, -0.1) is 0 Å². The van der Waals surface area contributed by atoms with Gasteiger partial charge in [0, 0.05) is 38.6 Å². The fraction of sp³-hybridized carbons (Fsp3) is 0.226. The van der Waals surface area contributed by atoms with Crippen molar-refractivity contribution in [1.29, 1.82) is 0 Å². The number of ether oxygens (including phenoxy) is 1. The van der Waals surface area contributed by atoms with Gasteiger partial charge >= 0.3 is 0 Å². The molecule has 0 aliphatic rings. The third-order valence-corrected chi connectivity index (χ3v) is 6.22. The molecule has 38 heavy (non-hydrogen) atoms. The predicted octanol–water partition coefficient (Wildman–Crippen LogP) is 5.68. The Kier molecular flexibility index (Phi) is 9.06. The van der Waals surface area contributed by atoms with Crippen LogP contribution in [0.5, 0.6) is 5.75 Å². The van der Waals surface area contributed by atoms with Crippen LogP contribution in [0.15, 0.2) is 85.1 Å². The van der Waals surface area contributed by atoms with Gasteiger partial charge in [0.15, 0.2) is 0 Å². The highest BCUT2D eigenvalue weighted by Crippen LogP contribution is 2.36. The smallest absolute Gasteiger partial charge is 0.245 e. The summed E-state index contributed by atoms with van der Waals surface area (Å²) in [5.74, 6) is 0.384. The number of halogens is 1. The first-order valence-corrected chi connectivity index (χ1v) is 12.7. The Morgan fingerprint density at radius 2 is 1.82 bits per heavy atom. The molecule has 1 heterocycles. The quantitative estimate of drug-likeness (QED) is 0.154. The Bertz CT molecular complexity index is 1420. The van der Waals surface area contributed by atoms with Crippen molar-refractivity contribution in [3.05, 3.63) is 108 Å². The molecule has 0 spiro atoms. The maximum Gasteiger partial charge on any atom is 0.245 e. The Morgan fingerprint density at radius 3 is 2.53 bits per heavy atom. The predicted molar refractivity (Wildman–Crippen MR) is 151 cm³/mol. The molecular weight excluding hydrogens is 479 g/mol. The zero-order valence-electron chi connectivity index (χ0n) is 22.0. The van der Waals surface area contributed by atoms with Crippen LogP contribution >= 0.6 is 0 Å². The Hall–Kier alpha value is -4.23. The van der Waals surface area contributed by atoms with Crippen molar-refractivity contribution in [2.45, 2.75) is 13.3 Å². The first-order chi connectivity index (χ1) is 18.5. The minimum atomic E-state index is -0.329. The topological polar surface area (TPSA) is 70.2 Å². The van der Waals surface area contributed by atoms with E-state index < -0.39 is 0 Å². The number of allylic oxidation sites excluding steroid dienone is 1. The molecule has 0 radical (unpaired) electrons. The third-order valence-electron chi connectivity index (χ3n) is 6.22. The van der Waals surface area contributed by atoms with Crippen LogP contribution in [0, 0.1) is 5.82 Å². The molecule has 1 aromatic heterocycles. The molecule has 0 aliphatic heterocycles. The maximum absolute atomic E-state index is 15.0. The lowest BCUT2D eigenvalue weighted by Gasteiger charge is -2.17. The summed E-state index contributed by atoms with van der Waals surface area (Å²) >= 11 is 0. The second-order valence-electron chi connectivity index (χ2n) is 9.08. The fourth-order valence-corrected chi connectivity index (χ4v) is 4.29. The number of nitrogens with zero attached hydrogens (tertiary/aromatic N) is 2. The number of aromatic nitrogens is 2. The number of rotatable bonds is 11. The lowest BCUT2D eigenvalue weighted by Crippen LogP contribution is -2.22.